The molecule has 0 saturated heterocycles. The predicted molar refractivity (Wildman–Crippen MR) is 232 cm³/mol. The van der Waals surface area contributed by atoms with Gasteiger partial charge in [0.2, 0.25) is 0 Å². The highest BCUT2D eigenvalue weighted by atomic mass is 16.6. The predicted octanol–water partition coefficient (Wildman–Crippen LogP) is 13.0. The van der Waals surface area contributed by atoms with Gasteiger partial charge in [-0.1, -0.05) is 60.7 Å². The fraction of sp³-hybridized carbons (Fsp3) is 0. The lowest BCUT2D eigenvalue weighted by molar-refractivity contribution is 0.214. The minimum atomic E-state index is -0.754. The number of phenolic OH excluding ortho intramolecular Hbond substituents is 2. The largest absolute Gasteiger partial charge is 0.508 e. The van der Waals surface area contributed by atoms with E-state index in [0.29, 0.717) is 68.1 Å². The second kappa shape index (κ2) is 18.3. The van der Waals surface area contributed by atoms with E-state index >= 15 is 0 Å². The highest BCUT2D eigenvalue weighted by Crippen LogP contribution is 2.38. The fourth-order valence-corrected chi connectivity index (χ4v) is 6.19. The van der Waals surface area contributed by atoms with Crippen molar-refractivity contribution in [2.24, 2.45) is 0 Å². The minimum absolute atomic E-state index is 0.0905. The number of anilines is 2. The van der Waals surface area contributed by atoms with Gasteiger partial charge in [-0.3, -0.25) is 10.6 Å². The lowest BCUT2D eigenvalue weighted by Crippen LogP contribution is -2.17. The SMILES string of the molecule is O=C(Nc1cc(Oc2ccc(-c3ccc(O)cc3)c(NC(=O)Oc3ccc(Oc4ccccc4)cc3)c2)ccc1-c1ccc(O)cc1)Oc1ccc(Oc2ccccc2)cc1. The van der Waals surface area contributed by atoms with Crippen molar-refractivity contribution in [3.8, 4) is 79.7 Å². The van der Waals surface area contributed by atoms with Crippen LogP contribution in [0.5, 0.6) is 57.5 Å². The molecule has 300 valence electrons. The lowest BCUT2D eigenvalue weighted by Gasteiger charge is -2.16. The zero-order valence-corrected chi connectivity index (χ0v) is 32.2. The average Bonchev–Trinajstić information content (AvgIpc) is 3.27. The van der Waals surface area contributed by atoms with Crippen molar-refractivity contribution in [1.82, 2.24) is 0 Å². The van der Waals surface area contributed by atoms with E-state index in [0.717, 1.165) is 0 Å². The first kappa shape index (κ1) is 39.1. The molecule has 11 nitrogen and oxygen atoms in total. The van der Waals surface area contributed by atoms with E-state index in [-0.39, 0.29) is 23.0 Å². The van der Waals surface area contributed by atoms with Crippen LogP contribution in [-0.2, 0) is 0 Å². The molecule has 0 fully saturated rings. The number of amides is 2. The Hall–Kier alpha value is -8.70. The van der Waals surface area contributed by atoms with Crippen LogP contribution in [0.25, 0.3) is 22.3 Å². The minimum Gasteiger partial charge on any atom is -0.508 e. The molecular formula is C50H36N2O9. The number of aromatic hydroxyl groups is 2. The molecule has 8 rings (SSSR count). The molecule has 8 aromatic carbocycles. The summed E-state index contributed by atoms with van der Waals surface area (Å²) in [5.41, 5.74) is 3.40. The van der Waals surface area contributed by atoms with Gasteiger partial charge in [-0.05, 0) is 132 Å². The first-order chi connectivity index (χ1) is 29.8. The van der Waals surface area contributed by atoms with Gasteiger partial charge in [0, 0.05) is 23.3 Å². The molecule has 0 radical (unpaired) electrons. The topological polar surface area (TPSA) is 145 Å². The van der Waals surface area contributed by atoms with Crippen molar-refractivity contribution in [1.29, 1.82) is 0 Å². The second-order valence-corrected chi connectivity index (χ2v) is 13.4. The van der Waals surface area contributed by atoms with Crippen LogP contribution in [0, 0.1) is 0 Å². The van der Waals surface area contributed by atoms with Crippen LogP contribution in [0.4, 0.5) is 21.0 Å². The van der Waals surface area contributed by atoms with E-state index in [4.69, 9.17) is 23.7 Å². The Kier molecular flexibility index (Phi) is 11.7. The van der Waals surface area contributed by atoms with E-state index in [1.54, 1.807) is 133 Å². The first-order valence-electron chi connectivity index (χ1n) is 19.0. The Bertz CT molecular complexity index is 2550. The zero-order valence-electron chi connectivity index (χ0n) is 32.2. The van der Waals surface area contributed by atoms with Crippen molar-refractivity contribution in [2.45, 2.75) is 0 Å². The number of nitrogens with one attached hydrogen (secondary N) is 2. The molecular weight excluding hydrogens is 773 g/mol. The molecule has 0 aliphatic carbocycles. The number of phenols is 2. The molecule has 0 saturated carbocycles. The van der Waals surface area contributed by atoms with Gasteiger partial charge in [-0.25, -0.2) is 9.59 Å². The maximum atomic E-state index is 13.3. The quantitative estimate of drug-likeness (QED) is 0.0947. The number of carbonyl (C=O) groups excluding carboxylic acids is 2. The molecule has 0 spiro atoms. The Morgan fingerprint density at radius 3 is 1.03 bits per heavy atom. The molecule has 0 unspecified atom stereocenters. The number of benzene rings is 8. The van der Waals surface area contributed by atoms with E-state index in [2.05, 4.69) is 10.6 Å². The highest BCUT2D eigenvalue weighted by molar-refractivity contribution is 5.94. The van der Waals surface area contributed by atoms with Crippen molar-refractivity contribution < 1.29 is 43.5 Å². The summed E-state index contributed by atoms with van der Waals surface area (Å²) < 4.78 is 29.2. The summed E-state index contributed by atoms with van der Waals surface area (Å²) in [6.45, 7) is 0. The molecule has 0 aromatic heterocycles. The Balaban J connectivity index is 1.01. The van der Waals surface area contributed by atoms with E-state index < -0.39 is 12.2 Å². The Morgan fingerprint density at radius 2 is 0.656 bits per heavy atom. The average molecular weight is 809 g/mol. The molecule has 2 amide bonds. The van der Waals surface area contributed by atoms with E-state index in [9.17, 15) is 19.8 Å². The number of carbonyl (C=O) groups is 2. The summed E-state index contributed by atoms with van der Waals surface area (Å²) in [6, 6.07) is 55.3. The molecule has 0 aliphatic heterocycles. The van der Waals surface area contributed by atoms with Crippen LogP contribution in [0.3, 0.4) is 0 Å². The van der Waals surface area contributed by atoms with Crippen molar-refractivity contribution in [2.75, 3.05) is 10.6 Å². The molecule has 61 heavy (non-hydrogen) atoms. The number of rotatable bonds is 12. The zero-order chi connectivity index (χ0) is 42.0. The van der Waals surface area contributed by atoms with Crippen LogP contribution in [0.1, 0.15) is 0 Å². The van der Waals surface area contributed by atoms with Gasteiger partial charge >= 0.3 is 12.2 Å². The Morgan fingerprint density at radius 1 is 0.344 bits per heavy atom. The van der Waals surface area contributed by atoms with Crippen molar-refractivity contribution in [3.05, 3.63) is 194 Å². The van der Waals surface area contributed by atoms with Gasteiger partial charge in [-0.2, -0.15) is 0 Å². The third-order valence-corrected chi connectivity index (χ3v) is 9.07. The van der Waals surface area contributed by atoms with Crippen LogP contribution in [0.15, 0.2) is 194 Å². The van der Waals surface area contributed by atoms with Crippen LogP contribution in [-0.4, -0.2) is 22.4 Å². The number of hydrogen-bond acceptors (Lipinski definition) is 9. The van der Waals surface area contributed by atoms with Gasteiger partial charge in [0.05, 0.1) is 11.4 Å². The van der Waals surface area contributed by atoms with Crippen LogP contribution in [0.2, 0.25) is 0 Å². The number of ether oxygens (including phenoxy) is 5. The second-order valence-electron chi connectivity index (χ2n) is 13.4. The Labute approximate surface area is 350 Å². The summed E-state index contributed by atoms with van der Waals surface area (Å²) >= 11 is 0. The molecule has 0 heterocycles. The molecule has 0 aliphatic rings. The summed E-state index contributed by atoms with van der Waals surface area (Å²) in [5, 5.41) is 25.5. The lowest BCUT2D eigenvalue weighted by atomic mass is 10.0. The van der Waals surface area contributed by atoms with Gasteiger partial charge in [0.15, 0.2) is 0 Å². The van der Waals surface area contributed by atoms with Gasteiger partial charge in [0.1, 0.15) is 57.5 Å². The molecule has 11 heteroatoms. The summed E-state index contributed by atoms with van der Waals surface area (Å²) in [5.74, 6) is 3.96. The van der Waals surface area contributed by atoms with Gasteiger partial charge < -0.3 is 33.9 Å². The van der Waals surface area contributed by atoms with Gasteiger partial charge in [-0.15, -0.1) is 0 Å². The monoisotopic (exact) mass is 808 g/mol. The molecule has 8 aromatic rings. The maximum absolute atomic E-state index is 13.3. The smallest absolute Gasteiger partial charge is 0.417 e. The van der Waals surface area contributed by atoms with Crippen LogP contribution >= 0.6 is 0 Å². The van der Waals surface area contributed by atoms with Gasteiger partial charge in [0.25, 0.3) is 0 Å². The normalized spacial score (nSPS) is 10.6. The molecule has 4 N–H and O–H groups in total. The number of hydrogen-bond donors (Lipinski definition) is 4. The van der Waals surface area contributed by atoms with Crippen LogP contribution < -0.4 is 34.3 Å². The molecule has 0 bridgehead atoms. The third-order valence-electron chi connectivity index (χ3n) is 9.07. The third kappa shape index (κ3) is 10.4. The summed E-state index contributed by atoms with van der Waals surface area (Å²) in [7, 11) is 0. The van der Waals surface area contributed by atoms with E-state index in [1.807, 2.05) is 60.7 Å². The van der Waals surface area contributed by atoms with E-state index in [1.165, 1.54) is 0 Å². The first-order valence-corrected chi connectivity index (χ1v) is 19.0. The highest BCUT2D eigenvalue weighted by Gasteiger charge is 2.16. The summed E-state index contributed by atoms with van der Waals surface area (Å²) in [6.07, 6.45) is -1.51. The standard InChI is InChI=1S/C50H36N2O9/c53-35-15-11-33(12-16-35)45-29-27-43(31-47(45)51-49(55)60-41-23-19-39(20-24-41)57-37-7-3-1-4-8-37)59-44-28-30-46(34-13-17-36(54)18-14-34)48(32-44)52-50(56)61-42-25-21-40(22-26-42)58-38-9-5-2-6-10-38/h1-32,53-54H,(H,51,55)(H,52,56). The molecule has 0 atom stereocenters. The number of para-hydroxylation sites is 2. The maximum Gasteiger partial charge on any atom is 0.417 e. The summed E-state index contributed by atoms with van der Waals surface area (Å²) in [4.78, 5) is 26.6. The van der Waals surface area contributed by atoms with Crippen molar-refractivity contribution >= 4 is 23.6 Å². The van der Waals surface area contributed by atoms with Crippen molar-refractivity contribution in [3.63, 3.8) is 0 Å². The fourth-order valence-electron chi connectivity index (χ4n) is 6.19.